The number of benzene rings is 2. The molecule has 0 bridgehead atoms. The lowest BCUT2D eigenvalue weighted by Crippen LogP contribution is -2.54. The van der Waals surface area contributed by atoms with Crippen LogP contribution in [-0.2, 0) is 34.4 Å². The van der Waals surface area contributed by atoms with E-state index in [0.717, 1.165) is 60.8 Å². The number of piperidine rings is 2. The van der Waals surface area contributed by atoms with Gasteiger partial charge in [-0.3, -0.25) is 9.59 Å². The van der Waals surface area contributed by atoms with Crippen molar-refractivity contribution < 1.29 is 45.4 Å². The summed E-state index contributed by atoms with van der Waals surface area (Å²) in [5.74, 6) is 1.94. The topological polar surface area (TPSA) is 242 Å². The predicted molar refractivity (Wildman–Crippen MR) is 312 cm³/mol. The van der Waals surface area contributed by atoms with E-state index in [1.165, 1.54) is 50.7 Å². The number of aromatic nitrogens is 2. The number of alkyl carbamates (subject to hydrolysis) is 1. The molecule has 4 saturated carbocycles. The van der Waals surface area contributed by atoms with Gasteiger partial charge in [-0.15, -0.1) is 0 Å². The van der Waals surface area contributed by atoms with Crippen LogP contribution in [0.5, 0.6) is 11.5 Å². The van der Waals surface area contributed by atoms with Gasteiger partial charge >= 0.3 is 6.09 Å². The fourth-order valence-corrected chi connectivity index (χ4v) is 13.5. The average molecular weight is 1150 g/mol. The number of ether oxygens (including phenoxy) is 3. The van der Waals surface area contributed by atoms with Gasteiger partial charge in [0.25, 0.3) is 31.9 Å². The quantitative estimate of drug-likeness (QED) is 0.0866. The first-order chi connectivity index (χ1) is 38.2. The van der Waals surface area contributed by atoms with Gasteiger partial charge in [-0.2, -0.15) is 16.8 Å². The van der Waals surface area contributed by atoms with Crippen molar-refractivity contribution in [3.63, 3.8) is 0 Å². The van der Waals surface area contributed by atoms with E-state index in [1.807, 2.05) is 70.4 Å². The van der Waals surface area contributed by atoms with Gasteiger partial charge in [0.15, 0.2) is 21.3 Å². The number of hydrogen-bond acceptors (Lipinski definition) is 15. The molecule has 0 unspecified atom stereocenters. The van der Waals surface area contributed by atoms with Crippen molar-refractivity contribution in [2.24, 2.45) is 5.73 Å². The molecule has 0 spiro atoms. The third-order valence-electron chi connectivity index (χ3n) is 16.9. The van der Waals surface area contributed by atoms with Crippen LogP contribution in [0.2, 0.25) is 0 Å². The van der Waals surface area contributed by atoms with Crippen molar-refractivity contribution >= 4 is 49.6 Å². The summed E-state index contributed by atoms with van der Waals surface area (Å²) in [7, 11) is -8.40. The molecule has 18 nitrogen and oxygen atoms in total. The van der Waals surface area contributed by atoms with Crippen LogP contribution in [0.25, 0.3) is 0 Å². The Labute approximate surface area is 479 Å². The van der Waals surface area contributed by atoms with Crippen molar-refractivity contribution in [3.05, 3.63) is 95.1 Å². The highest BCUT2D eigenvalue weighted by Gasteiger charge is 2.56. The SMILES string of the molecule is Cc1ccc(C2CCCCC2)c(OC2(C(=O)NS(=O)(=O)c3cccc(N4CCC(C)(N)CC4)n3)CC2)c1.Cc1ccc(C2CCCCC2)c(OC2(C(=O)NS(=O)(=O)c3cccc(N4CCC(C)(NC(=O)OC(C)(C)C)CC4)n3)CC2)c1. The van der Waals surface area contributed by atoms with Crippen LogP contribution in [0.3, 0.4) is 0 Å². The molecular weight excluding hydrogens is 1070 g/mol. The fraction of sp³-hybridized carbons (Fsp3) is 0.590. The Morgan fingerprint density at radius 2 is 0.975 bits per heavy atom. The lowest BCUT2D eigenvalue weighted by Gasteiger charge is -2.40. The van der Waals surface area contributed by atoms with Gasteiger partial charge in [0.05, 0.1) is 0 Å². The highest BCUT2D eigenvalue weighted by Crippen LogP contribution is 2.47. The van der Waals surface area contributed by atoms with E-state index < -0.39 is 60.3 Å². The van der Waals surface area contributed by atoms with E-state index in [-0.39, 0.29) is 15.6 Å². The molecule has 3 amide bonds. The molecular formula is C61H84N8O10S2. The summed E-state index contributed by atoms with van der Waals surface area (Å²) in [4.78, 5) is 51.9. The van der Waals surface area contributed by atoms with Crippen molar-refractivity contribution in [3.8, 4) is 11.5 Å². The zero-order valence-corrected chi connectivity index (χ0v) is 50.0. The van der Waals surface area contributed by atoms with Gasteiger partial charge in [0, 0.05) is 62.9 Å². The van der Waals surface area contributed by atoms with Crippen LogP contribution in [0.4, 0.5) is 16.4 Å². The molecule has 0 atom stereocenters. The maximum Gasteiger partial charge on any atom is 0.408 e. The highest BCUT2D eigenvalue weighted by molar-refractivity contribution is 7.90. The molecule has 4 aromatic rings. The van der Waals surface area contributed by atoms with Gasteiger partial charge in [-0.05, 0) is 170 Å². The summed E-state index contributed by atoms with van der Waals surface area (Å²) in [6, 6.07) is 21.9. The monoisotopic (exact) mass is 1150 g/mol. The highest BCUT2D eigenvalue weighted by atomic mass is 32.2. The van der Waals surface area contributed by atoms with Crippen LogP contribution in [0.15, 0.2) is 82.8 Å². The molecule has 2 saturated heterocycles. The number of nitrogens with zero attached hydrogens (tertiary/aromatic N) is 4. The third-order valence-corrected chi connectivity index (χ3v) is 19.4. The zero-order chi connectivity index (χ0) is 58.0. The molecule has 440 valence electrons. The Morgan fingerprint density at radius 3 is 1.36 bits per heavy atom. The number of aryl methyl sites for hydroxylation is 2. The van der Waals surface area contributed by atoms with E-state index in [2.05, 4.69) is 49.0 Å². The zero-order valence-electron chi connectivity index (χ0n) is 48.4. The molecule has 6 aliphatic rings. The number of hydrogen-bond donors (Lipinski definition) is 4. The first kappa shape index (κ1) is 59.6. The first-order valence-corrected chi connectivity index (χ1v) is 32.2. The lowest BCUT2D eigenvalue weighted by molar-refractivity contribution is -0.128. The van der Waals surface area contributed by atoms with Crippen molar-refractivity contribution in [2.75, 3.05) is 36.0 Å². The van der Waals surface area contributed by atoms with Crippen molar-refractivity contribution in [2.45, 2.75) is 214 Å². The smallest absolute Gasteiger partial charge is 0.408 e. The fourth-order valence-electron chi connectivity index (χ4n) is 11.5. The van der Waals surface area contributed by atoms with Crippen molar-refractivity contribution in [1.82, 2.24) is 24.7 Å². The number of rotatable bonds is 15. The number of pyridine rings is 2. The number of carbonyl (C=O) groups excluding carboxylic acids is 3. The summed E-state index contributed by atoms with van der Waals surface area (Å²) in [6.45, 7) is 16.0. The summed E-state index contributed by atoms with van der Waals surface area (Å²) in [6.07, 6.45) is 15.9. The molecule has 0 radical (unpaired) electrons. The minimum atomic E-state index is -4.24. The summed E-state index contributed by atoms with van der Waals surface area (Å²) in [5.41, 5.74) is 6.90. The average Bonchev–Trinajstić information content (AvgIpc) is 4.54. The Bertz CT molecular complexity index is 3160. The van der Waals surface area contributed by atoms with E-state index in [9.17, 15) is 31.2 Å². The second-order valence-corrected chi connectivity index (χ2v) is 28.6. The van der Waals surface area contributed by atoms with E-state index in [0.29, 0.717) is 99.7 Å². The lowest BCUT2D eigenvalue weighted by atomic mass is 9.83. The first-order valence-electron chi connectivity index (χ1n) is 29.2. The van der Waals surface area contributed by atoms with E-state index in [4.69, 9.17) is 19.9 Å². The molecule has 2 aromatic heterocycles. The largest absolute Gasteiger partial charge is 0.477 e. The molecule has 2 aromatic carbocycles. The maximum absolute atomic E-state index is 13.4. The number of amides is 3. The second kappa shape index (κ2) is 23.7. The van der Waals surface area contributed by atoms with Gasteiger partial charge in [0.1, 0.15) is 28.7 Å². The van der Waals surface area contributed by atoms with Crippen LogP contribution in [-0.4, -0.2) is 98.8 Å². The summed E-state index contributed by atoms with van der Waals surface area (Å²) < 4.78 is 75.8. The molecule has 4 heterocycles. The van der Waals surface area contributed by atoms with Gasteiger partial charge in [0.2, 0.25) is 0 Å². The van der Waals surface area contributed by atoms with Crippen LogP contribution >= 0.6 is 0 Å². The third kappa shape index (κ3) is 15.0. The molecule has 81 heavy (non-hydrogen) atoms. The maximum atomic E-state index is 13.4. The summed E-state index contributed by atoms with van der Waals surface area (Å²) >= 11 is 0. The summed E-state index contributed by atoms with van der Waals surface area (Å²) in [5, 5.41) is 2.58. The second-order valence-electron chi connectivity index (χ2n) is 25.3. The number of carbonyl (C=O) groups is 3. The Balaban J connectivity index is 0.000000198. The van der Waals surface area contributed by atoms with Crippen molar-refractivity contribution in [1.29, 1.82) is 0 Å². The van der Waals surface area contributed by atoms with Gasteiger partial charge in [-0.1, -0.05) is 74.9 Å². The van der Waals surface area contributed by atoms with Gasteiger partial charge in [-0.25, -0.2) is 24.2 Å². The Hall–Kier alpha value is -5.99. The van der Waals surface area contributed by atoms with Crippen LogP contribution in [0.1, 0.15) is 184 Å². The molecule has 10 rings (SSSR count). The number of anilines is 2. The number of sulfonamides is 2. The number of nitrogens with one attached hydrogen (secondary N) is 3. The predicted octanol–water partition coefficient (Wildman–Crippen LogP) is 9.91. The van der Waals surface area contributed by atoms with Gasteiger partial charge < -0.3 is 35.1 Å². The van der Waals surface area contributed by atoms with Crippen LogP contribution < -0.4 is 39.8 Å². The standard InChI is InChI=1S/C33H46N4O6S.C28H38N4O4S/c1-23-14-15-25(24-10-7-6-8-11-24)26(22-23)42-33(16-17-33)29(38)36-44(40,41)28-13-9-12-27(34-28)37-20-18-32(5,19-21-37)35-30(39)43-31(2,3)4;1-20-11-12-22(21-7-4-3-5-8-21)23(19-20)36-28(13-14-28)26(33)31-37(34,35)25-10-6-9-24(30-25)32-17-15-27(2,29)16-18-32/h9,12-15,22,24H,6-8,10-11,16-21H2,1-5H3,(H,35,39)(H,36,38);6,9-12,19,21H,3-5,7-8,13-18,29H2,1-2H3,(H,31,33). The van der Waals surface area contributed by atoms with E-state index in [1.54, 1.807) is 24.3 Å². The molecule has 6 fully saturated rings. The molecule has 5 N–H and O–H groups in total. The Kier molecular flexibility index (Phi) is 17.4. The Morgan fingerprint density at radius 1 is 0.580 bits per heavy atom. The van der Waals surface area contributed by atoms with E-state index >= 15 is 0 Å². The molecule has 2 aliphatic heterocycles. The molecule has 4 aliphatic carbocycles. The minimum absolute atomic E-state index is 0.173. The number of nitrogens with two attached hydrogens (primary N) is 1. The normalized spacial score (nSPS) is 20.6. The van der Waals surface area contributed by atoms with Crippen LogP contribution in [0, 0.1) is 13.8 Å². The minimum Gasteiger partial charge on any atom is -0.477 e. The molecule has 20 heteroatoms.